The fraction of sp³-hybridized carbons (Fsp3) is 0.765. The predicted molar refractivity (Wildman–Crippen MR) is 90.0 cm³/mol. The van der Waals surface area contributed by atoms with Gasteiger partial charge in [-0.15, -0.1) is 11.3 Å². The van der Waals surface area contributed by atoms with E-state index >= 15 is 0 Å². The summed E-state index contributed by atoms with van der Waals surface area (Å²) < 4.78 is 5.55. The molecule has 1 aromatic heterocycles. The number of carbonyl (C=O) groups excluding carboxylic acids is 1. The van der Waals surface area contributed by atoms with Crippen LogP contribution in [0.3, 0.4) is 0 Å². The van der Waals surface area contributed by atoms with E-state index in [2.05, 4.69) is 29.5 Å². The van der Waals surface area contributed by atoms with Crippen LogP contribution in [0.1, 0.15) is 70.5 Å². The monoisotopic (exact) mass is 324 g/mol. The summed E-state index contributed by atoms with van der Waals surface area (Å²) in [5, 5.41) is 6.70. The van der Waals surface area contributed by atoms with Crippen LogP contribution in [0.4, 0.5) is 0 Å². The topological polar surface area (TPSA) is 51.2 Å². The van der Waals surface area contributed by atoms with Crippen LogP contribution in [-0.4, -0.2) is 22.6 Å². The first kappa shape index (κ1) is 17.4. The number of thiazole rings is 1. The number of nitrogens with zero attached hydrogens (tertiary/aromatic N) is 1. The van der Waals surface area contributed by atoms with Gasteiger partial charge in [-0.05, 0) is 39.5 Å². The van der Waals surface area contributed by atoms with E-state index in [1.807, 2.05) is 20.8 Å². The molecule has 4 nitrogen and oxygen atoms in total. The molecule has 2 rings (SSSR count). The fourth-order valence-electron chi connectivity index (χ4n) is 2.25. The first-order valence-corrected chi connectivity index (χ1v) is 9.08. The summed E-state index contributed by atoms with van der Waals surface area (Å²) in [6.07, 6.45) is 3.48. The van der Waals surface area contributed by atoms with Crippen LogP contribution in [-0.2, 0) is 16.1 Å². The molecule has 1 aliphatic rings. The smallest absolute Gasteiger partial charge is 0.323 e. The van der Waals surface area contributed by atoms with E-state index < -0.39 is 5.60 Å². The summed E-state index contributed by atoms with van der Waals surface area (Å²) in [6.45, 7) is 10.5. The second-order valence-electron chi connectivity index (χ2n) is 7.23. The van der Waals surface area contributed by atoms with E-state index in [1.165, 1.54) is 17.8 Å². The second-order valence-corrected chi connectivity index (χ2v) is 8.12. The van der Waals surface area contributed by atoms with Crippen LogP contribution in [0.25, 0.3) is 0 Å². The van der Waals surface area contributed by atoms with Crippen LogP contribution in [0.15, 0.2) is 5.38 Å². The average molecular weight is 324 g/mol. The van der Waals surface area contributed by atoms with Gasteiger partial charge in [-0.1, -0.05) is 20.3 Å². The molecule has 1 aromatic rings. The van der Waals surface area contributed by atoms with Crippen molar-refractivity contribution in [1.29, 1.82) is 0 Å². The molecule has 0 aliphatic heterocycles. The molecule has 0 saturated heterocycles. The van der Waals surface area contributed by atoms with Gasteiger partial charge >= 0.3 is 5.97 Å². The Hall–Kier alpha value is -0.940. The molecule has 0 aromatic carbocycles. The van der Waals surface area contributed by atoms with Gasteiger partial charge in [0.15, 0.2) is 0 Å². The lowest BCUT2D eigenvalue weighted by Gasteiger charge is -2.27. The zero-order valence-corrected chi connectivity index (χ0v) is 15.1. The molecule has 1 fully saturated rings. The first-order valence-electron chi connectivity index (χ1n) is 8.20. The third-order valence-corrected chi connectivity index (χ3v) is 4.93. The molecule has 124 valence electrons. The minimum atomic E-state index is -0.454. The van der Waals surface area contributed by atoms with Gasteiger partial charge in [0, 0.05) is 17.8 Å². The van der Waals surface area contributed by atoms with Crippen molar-refractivity contribution in [3.05, 3.63) is 16.1 Å². The molecule has 0 radical (unpaired) electrons. The molecule has 5 heteroatoms. The van der Waals surface area contributed by atoms with Crippen LogP contribution in [0, 0.1) is 5.92 Å². The molecular weight excluding hydrogens is 296 g/mol. The van der Waals surface area contributed by atoms with Crippen molar-refractivity contribution in [2.24, 2.45) is 5.92 Å². The Labute approximate surface area is 137 Å². The highest BCUT2D eigenvalue weighted by Gasteiger charge is 2.29. The highest BCUT2D eigenvalue weighted by Crippen LogP contribution is 2.41. The van der Waals surface area contributed by atoms with Gasteiger partial charge in [0.1, 0.15) is 11.6 Å². The lowest BCUT2D eigenvalue weighted by molar-refractivity contribution is -0.159. The number of ether oxygens (including phenoxy) is 1. The van der Waals surface area contributed by atoms with E-state index in [-0.39, 0.29) is 17.9 Å². The Kier molecular flexibility index (Phi) is 5.61. The normalized spacial score (nSPS) is 18.0. The van der Waals surface area contributed by atoms with Crippen molar-refractivity contribution in [3.8, 4) is 0 Å². The minimum Gasteiger partial charge on any atom is -0.459 e. The number of aromatic nitrogens is 1. The lowest BCUT2D eigenvalue weighted by Crippen LogP contribution is -2.45. The summed E-state index contributed by atoms with van der Waals surface area (Å²) in [4.78, 5) is 17.1. The Morgan fingerprint density at radius 2 is 2.18 bits per heavy atom. The van der Waals surface area contributed by atoms with Gasteiger partial charge in [0.25, 0.3) is 0 Å². The Morgan fingerprint density at radius 1 is 1.50 bits per heavy atom. The van der Waals surface area contributed by atoms with Crippen molar-refractivity contribution in [1.82, 2.24) is 10.3 Å². The van der Waals surface area contributed by atoms with Gasteiger partial charge in [0.05, 0.1) is 10.7 Å². The molecule has 22 heavy (non-hydrogen) atoms. The Bertz CT molecular complexity index is 503. The van der Waals surface area contributed by atoms with Crippen LogP contribution in [0.2, 0.25) is 0 Å². The molecular formula is C17H28N2O2S. The van der Waals surface area contributed by atoms with Crippen LogP contribution in [0.5, 0.6) is 0 Å². The molecule has 0 unspecified atom stereocenters. The minimum absolute atomic E-state index is 0.167. The third-order valence-electron chi connectivity index (χ3n) is 3.87. The van der Waals surface area contributed by atoms with Crippen molar-refractivity contribution < 1.29 is 9.53 Å². The molecule has 2 atom stereocenters. The maximum Gasteiger partial charge on any atom is 0.323 e. The van der Waals surface area contributed by atoms with E-state index in [1.54, 1.807) is 11.3 Å². The standard InChI is InChI=1S/C17H28N2O2S/c1-6-11(2)14(16(20)21-17(3,4)5)18-9-13-10-22-15(19-13)12-7-8-12/h10-12,14,18H,6-9H2,1-5H3/t11-,14-/m0/s1. The number of esters is 1. The fourth-order valence-corrected chi connectivity index (χ4v) is 3.24. The van der Waals surface area contributed by atoms with Crippen molar-refractivity contribution in [2.75, 3.05) is 0 Å². The zero-order valence-electron chi connectivity index (χ0n) is 14.3. The predicted octanol–water partition coefficient (Wildman–Crippen LogP) is 3.87. The molecule has 0 amide bonds. The van der Waals surface area contributed by atoms with Gasteiger partial charge in [0.2, 0.25) is 0 Å². The molecule has 1 saturated carbocycles. The molecule has 0 bridgehead atoms. The van der Waals surface area contributed by atoms with E-state index in [0.29, 0.717) is 12.5 Å². The number of nitrogens with one attached hydrogen (secondary N) is 1. The zero-order chi connectivity index (χ0) is 16.3. The molecule has 1 N–H and O–H groups in total. The van der Waals surface area contributed by atoms with Crippen LogP contribution < -0.4 is 5.32 Å². The number of hydrogen-bond donors (Lipinski definition) is 1. The summed E-state index contributed by atoms with van der Waals surface area (Å²) >= 11 is 1.74. The molecule has 1 aliphatic carbocycles. The Balaban J connectivity index is 1.94. The van der Waals surface area contributed by atoms with Gasteiger partial charge in [-0.2, -0.15) is 0 Å². The first-order chi connectivity index (χ1) is 10.3. The third kappa shape index (κ3) is 5.06. The molecule has 1 heterocycles. The maximum atomic E-state index is 12.4. The summed E-state index contributed by atoms with van der Waals surface area (Å²) in [5.74, 6) is 0.755. The number of carbonyl (C=O) groups is 1. The largest absolute Gasteiger partial charge is 0.459 e. The van der Waals surface area contributed by atoms with Gasteiger partial charge < -0.3 is 4.74 Å². The van der Waals surface area contributed by atoms with Crippen molar-refractivity contribution in [2.45, 2.75) is 78.0 Å². The average Bonchev–Trinajstić information content (AvgIpc) is 3.16. The highest BCUT2D eigenvalue weighted by atomic mass is 32.1. The van der Waals surface area contributed by atoms with Gasteiger partial charge in [-0.3, -0.25) is 10.1 Å². The Morgan fingerprint density at radius 3 is 2.73 bits per heavy atom. The summed E-state index contributed by atoms with van der Waals surface area (Å²) in [5.41, 5.74) is 0.577. The van der Waals surface area contributed by atoms with Crippen molar-refractivity contribution in [3.63, 3.8) is 0 Å². The molecule has 0 spiro atoms. The van der Waals surface area contributed by atoms with Gasteiger partial charge in [-0.25, -0.2) is 4.98 Å². The number of hydrogen-bond acceptors (Lipinski definition) is 5. The highest BCUT2D eigenvalue weighted by molar-refractivity contribution is 7.09. The number of rotatable bonds is 7. The quantitative estimate of drug-likeness (QED) is 0.774. The SMILES string of the molecule is CC[C@H](C)[C@H](NCc1csc(C2CC2)n1)C(=O)OC(C)(C)C. The second kappa shape index (κ2) is 7.09. The maximum absolute atomic E-state index is 12.4. The summed E-state index contributed by atoms with van der Waals surface area (Å²) in [7, 11) is 0. The van der Waals surface area contributed by atoms with E-state index in [9.17, 15) is 4.79 Å². The summed E-state index contributed by atoms with van der Waals surface area (Å²) in [6, 6.07) is -0.282. The van der Waals surface area contributed by atoms with Crippen molar-refractivity contribution >= 4 is 17.3 Å². The van der Waals surface area contributed by atoms with E-state index in [0.717, 1.165) is 12.1 Å². The lowest BCUT2D eigenvalue weighted by atomic mass is 9.99. The van der Waals surface area contributed by atoms with E-state index in [4.69, 9.17) is 4.74 Å². The van der Waals surface area contributed by atoms with Crippen LogP contribution >= 0.6 is 11.3 Å².